The molecule has 0 aromatic rings. The van der Waals surface area contributed by atoms with Crippen LogP contribution in [0.4, 0.5) is 0 Å². The van der Waals surface area contributed by atoms with Gasteiger partial charge in [0.25, 0.3) is 0 Å². The zero-order valence-corrected chi connectivity index (χ0v) is 10.1. The van der Waals surface area contributed by atoms with Crippen molar-refractivity contribution < 1.29 is 9.47 Å². The molecule has 0 spiro atoms. The summed E-state index contributed by atoms with van der Waals surface area (Å²) in [4.78, 5) is 2.47. The van der Waals surface area contributed by atoms with Crippen LogP contribution in [0.5, 0.6) is 0 Å². The first-order valence-corrected chi connectivity index (χ1v) is 6.15. The van der Waals surface area contributed by atoms with Gasteiger partial charge in [0.05, 0.1) is 25.4 Å². The lowest BCUT2D eigenvalue weighted by Gasteiger charge is -2.46. The van der Waals surface area contributed by atoms with E-state index < -0.39 is 0 Å². The van der Waals surface area contributed by atoms with Gasteiger partial charge in [-0.2, -0.15) is 0 Å². The summed E-state index contributed by atoms with van der Waals surface area (Å²) >= 11 is 0. The van der Waals surface area contributed by atoms with E-state index in [-0.39, 0.29) is 0 Å². The summed E-state index contributed by atoms with van der Waals surface area (Å²) in [5.74, 6) is 0. The molecule has 0 amide bonds. The minimum absolute atomic E-state index is 0.403. The molecule has 0 saturated carbocycles. The van der Waals surface area contributed by atoms with Crippen molar-refractivity contribution in [2.45, 2.75) is 57.4 Å². The highest BCUT2D eigenvalue weighted by Gasteiger charge is 2.37. The van der Waals surface area contributed by atoms with Gasteiger partial charge >= 0.3 is 0 Å². The van der Waals surface area contributed by atoms with Crippen molar-refractivity contribution in [3.8, 4) is 0 Å². The molecule has 2 aliphatic heterocycles. The Morgan fingerprint density at radius 1 is 1.33 bits per heavy atom. The van der Waals surface area contributed by atoms with Gasteiger partial charge in [0.1, 0.15) is 0 Å². The Balaban J connectivity index is 1.89. The summed E-state index contributed by atoms with van der Waals surface area (Å²) in [5.41, 5.74) is 0. The Bertz CT molecular complexity index is 196. The van der Waals surface area contributed by atoms with Crippen molar-refractivity contribution in [3.05, 3.63) is 0 Å². The zero-order chi connectivity index (χ0) is 10.8. The standard InChI is InChI=1S/C12H23NO2/c1-4-9(2)15-12-5-10-7-14-8-11(6-12)13(10)3/h9-12H,4-8H2,1-3H3. The number of hydrogen-bond acceptors (Lipinski definition) is 3. The van der Waals surface area contributed by atoms with Gasteiger partial charge in [0, 0.05) is 12.1 Å². The Labute approximate surface area is 92.7 Å². The third-order valence-corrected chi connectivity index (χ3v) is 3.84. The zero-order valence-electron chi connectivity index (χ0n) is 10.1. The van der Waals surface area contributed by atoms with Crippen LogP contribution < -0.4 is 0 Å². The number of ether oxygens (including phenoxy) is 2. The number of fused-ring (bicyclic) bond motifs is 2. The maximum absolute atomic E-state index is 6.04. The summed E-state index contributed by atoms with van der Waals surface area (Å²) in [6.07, 6.45) is 4.24. The fourth-order valence-corrected chi connectivity index (χ4v) is 2.58. The Hall–Kier alpha value is -0.120. The van der Waals surface area contributed by atoms with Crippen LogP contribution in [0.25, 0.3) is 0 Å². The third kappa shape index (κ3) is 2.52. The maximum atomic E-state index is 6.04. The van der Waals surface area contributed by atoms with E-state index in [4.69, 9.17) is 9.47 Å². The first-order valence-electron chi connectivity index (χ1n) is 6.15. The highest BCUT2D eigenvalue weighted by atomic mass is 16.5. The minimum Gasteiger partial charge on any atom is -0.378 e. The Kier molecular flexibility index (Phi) is 3.65. The van der Waals surface area contributed by atoms with E-state index in [9.17, 15) is 0 Å². The van der Waals surface area contributed by atoms with Crippen molar-refractivity contribution in [2.24, 2.45) is 0 Å². The molecule has 3 heteroatoms. The molecule has 3 atom stereocenters. The lowest BCUT2D eigenvalue weighted by Crippen LogP contribution is -2.56. The number of rotatable bonds is 3. The molecule has 2 heterocycles. The first kappa shape index (κ1) is 11.4. The average Bonchev–Trinajstić information content (AvgIpc) is 2.19. The van der Waals surface area contributed by atoms with Crippen molar-refractivity contribution in [2.75, 3.05) is 20.3 Å². The molecule has 2 fully saturated rings. The maximum Gasteiger partial charge on any atom is 0.0623 e. The van der Waals surface area contributed by atoms with Crippen LogP contribution in [0.15, 0.2) is 0 Å². The number of nitrogens with zero attached hydrogens (tertiary/aromatic N) is 1. The van der Waals surface area contributed by atoms with E-state index in [1.54, 1.807) is 0 Å². The monoisotopic (exact) mass is 213 g/mol. The molecule has 2 rings (SSSR count). The normalized spacial score (nSPS) is 39.0. The third-order valence-electron chi connectivity index (χ3n) is 3.84. The predicted molar refractivity (Wildman–Crippen MR) is 60.0 cm³/mol. The van der Waals surface area contributed by atoms with Crippen LogP contribution in [-0.4, -0.2) is 49.5 Å². The van der Waals surface area contributed by atoms with E-state index >= 15 is 0 Å². The molecule has 2 saturated heterocycles. The number of piperidine rings is 1. The summed E-state index contributed by atoms with van der Waals surface area (Å²) in [6, 6.07) is 1.15. The van der Waals surface area contributed by atoms with Gasteiger partial charge in [0.15, 0.2) is 0 Å². The van der Waals surface area contributed by atoms with Gasteiger partial charge in [-0.15, -0.1) is 0 Å². The molecule has 0 aromatic carbocycles. The van der Waals surface area contributed by atoms with E-state index in [1.807, 2.05) is 0 Å². The van der Waals surface area contributed by atoms with E-state index in [0.717, 1.165) is 32.5 Å². The second-order valence-electron chi connectivity index (χ2n) is 4.96. The summed E-state index contributed by atoms with van der Waals surface area (Å²) < 4.78 is 11.6. The molecule has 2 bridgehead atoms. The smallest absolute Gasteiger partial charge is 0.0623 e. The SMILES string of the molecule is CCC(C)OC1CC2COCC(C1)N2C. The quantitative estimate of drug-likeness (QED) is 0.711. The van der Waals surface area contributed by atoms with Crippen LogP contribution in [0.2, 0.25) is 0 Å². The van der Waals surface area contributed by atoms with Crippen molar-refractivity contribution in [3.63, 3.8) is 0 Å². The van der Waals surface area contributed by atoms with Crippen LogP contribution in [0, 0.1) is 0 Å². The fourth-order valence-electron chi connectivity index (χ4n) is 2.58. The lowest BCUT2D eigenvalue weighted by molar-refractivity contribution is -0.122. The van der Waals surface area contributed by atoms with Gasteiger partial charge in [-0.3, -0.25) is 4.90 Å². The molecule has 2 aliphatic rings. The molecular formula is C12H23NO2. The summed E-state index contributed by atoms with van der Waals surface area (Å²) in [6.45, 7) is 6.12. The highest BCUT2D eigenvalue weighted by molar-refractivity contribution is 4.90. The van der Waals surface area contributed by atoms with Gasteiger partial charge in [0.2, 0.25) is 0 Å². The predicted octanol–water partition coefficient (Wildman–Crippen LogP) is 1.66. The minimum atomic E-state index is 0.403. The molecule has 15 heavy (non-hydrogen) atoms. The van der Waals surface area contributed by atoms with Crippen molar-refractivity contribution in [1.29, 1.82) is 0 Å². The largest absolute Gasteiger partial charge is 0.378 e. The van der Waals surface area contributed by atoms with Gasteiger partial charge in [-0.1, -0.05) is 6.92 Å². The van der Waals surface area contributed by atoms with Crippen LogP contribution in [0.1, 0.15) is 33.1 Å². The molecular weight excluding hydrogens is 190 g/mol. The number of hydrogen-bond donors (Lipinski definition) is 0. The molecule has 0 N–H and O–H groups in total. The summed E-state index contributed by atoms with van der Waals surface area (Å²) in [7, 11) is 2.22. The number of likely N-dealkylation sites (N-methyl/N-ethyl adjacent to an activating group) is 1. The van der Waals surface area contributed by atoms with Gasteiger partial charge in [-0.25, -0.2) is 0 Å². The Morgan fingerprint density at radius 2 is 1.93 bits per heavy atom. The van der Waals surface area contributed by atoms with Crippen LogP contribution in [0.3, 0.4) is 0 Å². The molecule has 0 aromatic heterocycles. The molecule has 3 nitrogen and oxygen atoms in total. The van der Waals surface area contributed by atoms with E-state index in [1.165, 1.54) is 0 Å². The molecule has 3 unspecified atom stereocenters. The number of morpholine rings is 1. The molecule has 0 radical (unpaired) electrons. The van der Waals surface area contributed by atoms with E-state index in [2.05, 4.69) is 25.8 Å². The van der Waals surface area contributed by atoms with Gasteiger partial charge in [-0.05, 0) is 33.2 Å². The van der Waals surface area contributed by atoms with Gasteiger partial charge < -0.3 is 9.47 Å². The topological polar surface area (TPSA) is 21.7 Å². The second kappa shape index (κ2) is 4.81. The average molecular weight is 213 g/mol. The van der Waals surface area contributed by atoms with Crippen molar-refractivity contribution in [1.82, 2.24) is 4.90 Å². The van der Waals surface area contributed by atoms with Crippen LogP contribution >= 0.6 is 0 Å². The molecule has 0 aliphatic carbocycles. The highest BCUT2D eigenvalue weighted by Crippen LogP contribution is 2.28. The summed E-state index contributed by atoms with van der Waals surface area (Å²) in [5, 5.41) is 0. The fraction of sp³-hybridized carbons (Fsp3) is 1.00. The Morgan fingerprint density at radius 3 is 2.47 bits per heavy atom. The van der Waals surface area contributed by atoms with Crippen LogP contribution in [-0.2, 0) is 9.47 Å². The first-order chi connectivity index (χ1) is 7.20. The lowest BCUT2D eigenvalue weighted by atomic mass is 9.92. The van der Waals surface area contributed by atoms with Crippen molar-refractivity contribution >= 4 is 0 Å². The molecule has 88 valence electrons. The second-order valence-corrected chi connectivity index (χ2v) is 4.96. The van der Waals surface area contributed by atoms with E-state index in [0.29, 0.717) is 24.3 Å².